The minimum absolute atomic E-state index is 0.0434. The fourth-order valence-electron chi connectivity index (χ4n) is 1.81. The van der Waals surface area contributed by atoms with Crippen LogP contribution in [0.25, 0.3) is 0 Å². The summed E-state index contributed by atoms with van der Waals surface area (Å²) in [6.45, 7) is 0.258. The average Bonchev–Trinajstić information content (AvgIpc) is 2.12. The van der Waals surface area contributed by atoms with Crippen LogP contribution < -0.4 is 0 Å². The molecule has 1 fully saturated rings. The van der Waals surface area contributed by atoms with Crippen molar-refractivity contribution in [1.29, 1.82) is 0 Å². The molecule has 0 amide bonds. The van der Waals surface area contributed by atoms with Gasteiger partial charge in [0, 0.05) is 5.02 Å². The van der Waals surface area contributed by atoms with E-state index in [2.05, 4.69) is 0 Å². The maximum atomic E-state index is 13.0. The molecule has 1 aromatic carbocycles. The van der Waals surface area contributed by atoms with E-state index in [1.807, 2.05) is 0 Å². The highest BCUT2D eigenvalue weighted by atomic mass is 35.5. The van der Waals surface area contributed by atoms with Crippen LogP contribution in [0.3, 0.4) is 0 Å². The summed E-state index contributed by atoms with van der Waals surface area (Å²) < 4.78 is 18.5. The molecule has 17 heavy (non-hydrogen) atoms. The summed E-state index contributed by atoms with van der Waals surface area (Å²) in [7, 11) is 0. The average molecular weight is 259 g/mol. The first kappa shape index (κ1) is 12.3. The number of hydrogen-bond donors (Lipinski definition) is 1. The van der Waals surface area contributed by atoms with Crippen molar-refractivity contribution in [3.05, 3.63) is 34.6 Å². The summed E-state index contributed by atoms with van der Waals surface area (Å²) in [4.78, 5) is 10.6. The molecule has 1 saturated carbocycles. The molecule has 0 heterocycles. The van der Waals surface area contributed by atoms with E-state index in [0.717, 1.165) is 0 Å². The van der Waals surface area contributed by atoms with E-state index >= 15 is 0 Å². The third-order valence-electron chi connectivity index (χ3n) is 2.85. The van der Waals surface area contributed by atoms with Gasteiger partial charge in [-0.15, -0.1) is 0 Å². The Hall–Kier alpha value is -1.13. The predicted octanol–water partition coefficient (Wildman–Crippen LogP) is 2.86. The quantitative estimate of drug-likeness (QED) is 0.903. The Labute approximate surface area is 103 Å². The smallest absolute Gasteiger partial charge is 0.306 e. The Kier molecular flexibility index (Phi) is 3.64. The van der Waals surface area contributed by atoms with E-state index in [1.165, 1.54) is 12.1 Å². The van der Waals surface area contributed by atoms with Gasteiger partial charge in [0.15, 0.2) is 0 Å². The largest absolute Gasteiger partial charge is 0.481 e. The standard InChI is InChI=1S/C12H12ClFO3/c13-9-1-7(2-10(14)5-9)6-17-11-3-8(4-11)12(15)16/h1-2,5,8,11H,3-4,6H2,(H,15,16)/t8-,11-. The first-order valence-electron chi connectivity index (χ1n) is 5.34. The zero-order chi connectivity index (χ0) is 12.4. The van der Waals surface area contributed by atoms with Crippen LogP contribution in [0, 0.1) is 11.7 Å². The van der Waals surface area contributed by atoms with Crippen molar-refractivity contribution in [2.45, 2.75) is 25.6 Å². The van der Waals surface area contributed by atoms with Gasteiger partial charge in [0.1, 0.15) is 5.82 Å². The van der Waals surface area contributed by atoms with Crippen molar-refractivity contribution in [2.75, 3.05) is 0 Å². The van der Waals surface area contributed by atoms with Crippen LogP contribution in [0.4, 0.5) is 4.39 Å². The molecule has 1 N–H and O–H groups in total. The summed E-state index contributed by atoms with van der Waals surface area (Å²) in [5.41, 5.74) is 0.661. The molecular formula is C12H12ClFO3. The summed E-state index contributed by atoms with van der Waals surface area (Å²) in [6.07, 6.45) is 1.01. The zero-order valence-electron chi connectivity index (χ0n) is 9.03. The second-order valence-corrected chi connectivity index (χ2v) is 4.65. The van der Waals surface area contributed by atoms with Crippen LogP contribution in [0.1, 0.15) is 18.4 Å². The summed E-state index contributed by atoms with van der Waals surface area (Å²) >= 11 is 5.70. The number of ether oxygens (including phenoxy) is 1. The van der Waals surface area contributed by atoms with Gasteiger partial charge in [0.25, 0.3) is 0 Å². The first-order valence-corrected chi connectivity index (χ1v) is 5.72. The van der Waals surface area contributed by atoms with E-state index < -0.39 is 11.8 Å². The molecular weight excluding hydrogens is 247 g/mol. The minimum Gasteiger partial charge on any atom is -0.481 e. The van der Waals surface area contributed by atoms with Crippen molar-refractivity contribution in [2.24, 2.45) is 5.92 Å². The monoisotopic (exact) mass is 258 g/mol. The second-order valence-electron chi connectivity index (χ2n) is 4.22. The lowest BCUT2D eigenvalue weighted by atomic mass is 9.82. The van der Waals surface area contributed by atoms with Crippen LogP contribution in [-0.2, 0) is 16.1 Å². The van der Waals surface area contributed by atoms with E-state index in [-0.39, 0.29) is 18.6 Å². The molecule has 0 spiro atoms. The Morgan fingerprint density at radius 3 is 2.76 bits per heavy atom. The summed E-state index contributed by atoms with van der Waals surface area (Å²) in [5, 5.41) is 9.02. The third kappa shape index (κ3) is 3.17. The molecule has 1 aliphatic rings. The Bertz CT molecular complexity index is 410. The lowest BCUT2D eigenvalue weighted by Gasteiger charge is -2.32. The number of halogens is 2. The molecule has 1 aliphatic carbocycles. The van der Waals surface area contributed by atoms with Gasteiger partial charge in [0.05, 0.1) is 18.6 Å². The summed E-state index contributed by atoms with van der Waals surface area (Å²) in [6, 6.07) is 4.23. The molecule has 0 unspecified atom stereocenters. The maximum Gasteiger partial charge on any atom is 0.306 e. The lowest BCUT2D eigenvalue weighted by molar-refractivity contribution is -0.151. The van der Waals surface area contributed by atoms with Crippen LogP contribution in [0.15, 0.2) is 18.2 Å². The molecule has 0 aromatic heterocycles. The van der Waals surface area contributed by atoms with Crippen molar-refractivity contribution < 1.29 is 19.0 Å². The van der Waals surface area contributed by atoms with Gasteiger partial charge < -0.3 is 9.84 Å². The van der Waals surface area contributed by atoms with Gasteiger partial charge in [-0.2, -0.15) is 0 Å². The van der Waals surface area contributed by atoms with Crippen LogP contribution in [0.5, 0.6) is 0 Å². The highest BCUT2D eigenvalue weighted by Gasteiger charge is 2.35. The van der Waals surface area contributed by atoms with E-state index in [0.29, 0.717) is 23.4 Å². The summed E-state index contributed by atoms with van der Waals surface area (Å²) in [5.74, 6) is -1.47. The topological polar surface area (TPSA) is 46.5 Å². The highest BCUT2D eigenvalue weighted by Crippen LogP contribution is 2.31. The number of carboxylic acids is 1. The van der Waals surface area contributed by atoms with Crippen LogP contribution in [-0.4, -0.2) is 17.2 Å². The molecule has 1 aromatic rings. The SMILES string of the molecule is O=C(O)[C@H]1C[C@H](OCc2cc(F)cc(Cl)c2)C1. The lowest BCUT2D eigenvalue weighted by Crippen LogP contribution is -2.36. The Balaban J connectivity index is 1.81. The number of aliphatic carboxylic acids is 1. The highest BCUT2D eigenvalue weighted by molar-refractivity contribution is 6.30. The first-order chi connectivity index (χ1) is 8.04. The van der Waals surface area contributed by atoms with Gasteiger partial charge in [-0.1, -0.05) is 11.6 Å². The fourth-order valence-corrected chi connectivity index (χ4v) is 2.06. The number of rotatable bonds is 4. The molecule has 0 saturated heterocycles. The van der Waals surface area contributed by atoms with Gasteiger partial charge >= 0.3 is 5.97 Å². The van der Waals surface area contributed by atoms with Gasteiger partial charge in [0.2, 0.25) is 0 Å². The Morgan fingerprint density at radius 1 is 1.47 bits per heavy atom. The van der Waals surface area contributed by atoms with Gasteiger partial charge in [-0.25, -0.2) is 4.39 Å². The fraction of sp³-hybridized carbons (Fsp3) is 0.417. The van der Waals surface area contributed by atoms with Crippen molar-refractivity contribution in [3.8, 4) is 0 Å². The molecule has 92 valence electrons. The minimum atomic E-state index is -0.779. The molecule has 0 radical (unpaired) electrons. The van der Waals surface area contributed by atoms with Crippen molar-refractivity contribution in [3.63, 3.8) is 0 Å². The van der Waals surface area contributed by atoms with E-state index in [4.69, 9.17) is 21.4 Å². The van der Waals surface area contributed by atoms with Crippen LogP contribution in [0.2, 0.25) is 5.02 Å². The maximum absolute atomic E-state index is 13.0. The van der Waals surface area contributed by atoms with E-state index in [1.54, 1.807) is 6.07 Å². The predicted molar refractivity (Wildman–Crippen MR) is 60.3 cm³/mol. The number of carbonyl (C=O) groups is 1. The molecule has 5 heteroatoms. The molecule has 0 bridgehead atoms. The Morgan fingerprint density at radius 2 is 2.18 bits per heavy atom. The number of benzene rings is 1. The number of hydrogen-bond acceptors (Lipinski definition) is 2. The normalized spacial score (nSPS) is 23.2. The van der Waals surface area contributed by atoms with Gasteiger partial charge in [-0.05, 0) is 36.6 Å². The molecule has 0 atom stereocenters. The molecule has 3 nitrogen and oxygen atoms in total. The van der Waals surface area contributed by atoms with Crippen molar-refractivity contribution in [1.82, 2.24) is 0 Å². The zero-order valence-corrected chi connectivity index (χ0v) is 9.78. The third-order valence-corrected chi connectivity index (χ3v) is 3.07. The van der Waals surface area contributed by atoms with Crippen molar-refractivity contribution >= 4 is 17.6 Å². The van der Waals surface area contributed by atoms with E-state index in [9.17, 15) is 9.18 Å². The second kappa shape index (κ2) is 5.02. The number of carboxylic acid groups (broad SMARTS) is 1. The molecule has 0 aliphatic heterocycles. The van der Waals surface area contributed by atoms with Crippen LogP contribution >= 0.6 is 11.6 Å². The molecule has 2 rings (SSSR count). The van der Waals surface area contributed by atoms with Gasteiger partial charge in [-0.3, -0.25) is 4.79 Å².